The van der Waals surface area contributed by atoms with Gasteiger partial charge in [0.25, 0.3) is 0 Å². The molecule has 0 unspecified atom stereocenters. The Kier molecular flexibility index (Phi) is 7.18. The van der Waals surface area contributed by atoms with Crippen molar-refractivity contribution in [2.24, 2.45) is 0 Å². The average molecular weight is 415 g/mol. The van der Waals surface area contributed by atoms with Crippen molar-refractivity contribution >= 4 is 40.5 Å². The molecule has 3 aromatic rings. The van der Waals surface area contributed by atoms with Crippen molar-refractivity contribution in [3.63, 3.8) is 0 Å². The fourth-order valence-corrected chi connectivity index (χ4v) is 3.17. The minimum absolute atomic E-state index is 0.109. The first-order valence-corrected chi connectivity index (χ1v) is 9.61. The van der Waals surface area contributed by atoms with Crippen LogP contribution in [0.3, 0.4) is 0 Å². The number of nitrogens with one attached hydrogen (secondary N) is 2. The van der Waals surface area contributed by atoms with E-state index in [1.165, 1.54) is 5.56 Å². The van der Waals surface area contributed by atoms with E-state index in [0.29, 0.717) is 22.3 Å². The van der Waals surface area contributed by atoms with Gasteiger partial charge in [0.05, 0.1) is 13.2 Å². The maximum absolute atomic E-state index is 12.1. The second-order valence-electron chi connectivity index (χ2n) is 6.17. The Labute approximate surface area is 174 Å². The average Bonchev–Trinajstić information content (AvgIpc) is 2.67. The van der Waals surface area contributed by atoms with Gasteiger partial charge in [0.2, 0.25) is 5.91 Å². The molecule has 0 heterocycles. The standard InChI is InChI=1S/C22H20Cl2N2O2/c23-17-11-18(24)13-20(12-17)26-22(27)15-25-19-7-4-8-21(14-19)28-10-9-16-5-2-1-3-6-16/h1-8,11-14,25H,9-10,15H2,(H,26,27). The molecule has 4 nitrogen and oxygen atoms in total. The molecule has 0 aliphatic heterocycles. The fraction of sp³-hybridized carbons (Fsp3) is 0.136. The molecule has 0 bridgehead atoms. The van der Waals surface area contributed by atoms with Crippen molar-refractivity contribution in [2.75, 3.05) is 23.8 Å². The molecule has 0 spiro atoms. The van der Waals surface area contributed by atoms with Crippen LogP contribution in [0.25, 0.3) is 0 Å². The largest absolute Gasteiger partial charge is 0.493 e. The highest BCUT2D eigenvalue weighted by atomic mass is 35.5. The van der Waals surface area contributed by atoms with Crippen LogP contribution < -0.4 is 15.4 Å². The molecular formula is C22H20Cl2N2O2. The van der Waals surface area contributed by atoms with Crippen LogP contribution in [0.4, 0.5) is 11.4 Å². The number of ether oxygens (including phenoxy) is 1. The van der Waals surface area contributed by atoms with Gasteiger partial charge in [0.15, 0.2) is 0 Å². The number of hydrogen-bond donors (Lipinski definition) is 2. The van der Waals surface area contributed by atoms with Gasteiger partial charge in [-0.3, -0.25) is 4.79 Å². The van der Waals surface area contributed by atoms with Crippen molar-refractivity contribution in [1.82, 2.24) is 0 Å². The van der Waals surface area contributed by atoms with E-state index >= 15 is 0 Å². The molecule has 3 aromatic carbocycles. The second-order valence-corrected chi connectivity index (χ2v) is 7.04. The number of hydrogen-bond acceptors (Lipinski definition) is 3. The first-order valence-electron chi connectivity index (χ1n) is 8.85. The first-order chi connectivity index (χ1) is 13.6. The van der Waals surface area contributed by atoms with Gasteiger partial charge in [-0.15, -0.1) is 0 Å². The van der Waals surface area contributed by atoms with Crippen LogP contribution >= 0.6 is 23.2 Å². The van der Waals surface area contributed by atoms with Gasteiger partial charge in [-0.2, -0.15) is 0 Å². The third kappa shape index (κ3) is 6.48. The summed E-state index contributed by atoms with van der Waals surface area (Å²) in [4.78, 5) is 12.1. The molecule has 0 fully saturated rings. The molecule has 0 radical (unpaired) electrons. The number of anilines is 2. The summed E-state index contributed by atoms with van der Waals surface area (Å²) in [6.07, 6.45) is 0.836. The maximum Gasteiger partial charge on any atom is 0.243 e. The Morgan fingerprint density at radius 1 is 0.857 bits per heavy atom. The number of carbonyl (C=O) groups is 1. The molecule has 0 aliphatic carbocycles. The molecule has 6 heteroatoms. The zero-order valence-electron chi connectivity index (χ0n) is 15.1. The monoisotopic (exact) mass is 414 g/mol. The molecule has 144 valence electrons. The lowest BCUT2D eigenvalue weighted by atomic mass is 10.2. The predicted molar refractivity (Wildman–Crippen MR) is 116 cm³/mol. The highest BCUT2D eigenvalue weighted by Gasteiger charge is 2.05. The van der Waals surface area contributed by atoms with E-state index in [4.69, 9.17) is 27.9 Å². The molecule has 1 amide bonds. The summed E-state index contributed by atoms with van der Waals surface area (Å²) in [7, 11) is 0. The minimum atomic E-state index is -0.200. The van der Waals surface area contributed by atoms with E-state index < -0.39 is 0 Å². The van der Waals surface area contributed by atoms with Gasteiger partial charge in [0.1, 0.15) is 5.75 Å². The topological polar surface area (TPSA) is 50.4 Å². The summed E-state index contributed by atoms with van der Waals surface area (Å²) in [6, 6.07) is 22.6. The smallest absolute Gasteiger partial charge is 0.243 e. The Balaban J connectivity index is 1.47. The zero-order valence-corrected chi connectivity index (χ0v) is 16.6. The van der Waals surface area contributed by atoms with Gasteiger partial charge < -0.3 is 15.4 Å². The lowest BCUT2D eigenvalue weighted by Crippen LogP contribution is -2.21. The summed E-state index contributed by atoms with van der Waals surface area (Å²) < 4.78 is 5.81. The van der Waals surface area contributed by atoms with Crippen molar-refractivity contribution in [2.45, 2.75) is 6.42 Å². The Morgan fingerprint density at radius 3 is 2.36 bits per heavy atom. The number of halogens is 2. The molecule has 0 atom stereocenters. The number of amides is 1. The predicted octanol–water partition coefficient (Wildman–Crippen LogP) is 5.67. The first kappa shape index (κ1) is 20.1. The van der Waals surface area contributed by atoms with Crippen LogP contribution in [0, 0.1) is 0 Å². The van der Waals surface area contributed by atoms with Gasteiger partial charge in [0, 0.05) is 33.9 Å². The van der Waals surface area contributed by atoms with Crippen LogP contribution in [0.15, 0.2) is 72.8 Å². The summed E-state index contributed by atoms with van der Waals surface area (Å²) in [5.74, 6) is 0.552. The van der Waals surface area contributed by atoms with E-state index in [1.54, 1.807) is 18.2 Å². The van der Waals surface area contributed by atoms with Crippen LogP contribution in [-0.2, 0) is 11.2 Å². The van der Waals surface area contributed by atoms with Gasteiger partial charge in [-0.25, -0.2) is 0 Å². The maximum atomic E-state index is 12.1. The van der Waals surface area contributed by atoms with Crippen LogP contribution in [0.2, 0.25) is 10.0 Å². The summed E-state index contributed by atoms with van der Waals surface area (Å²) in [6.45, 7) is 0.696. The summed E-state index contributed by atoms with van der Waals surface area (Å²) >= 11 is 11.9. The van der Waals surface area contributed by atoms with Crippen molar-refractivity contribution in [1.29, 1.82) is 0 Å². The molecular weight excluding hydrogens is 395 g/mol. The minimum Gasteiger partial charge on any atom is -0.493 e. The third-order valence-corrected chi connectivity index (χ3v) is 4.37. The Morgan fingerprint density at radius 2 is 1.61 bits per heavy atom. The molecule has 0 aromatic heterocycles. The molecule has 28 heavy (non-hydrogen) atoms. The van der Waals surface area contributed by atoms with E-state index in [9.17, 15) is 4.79 Å². The van der Waals surface area contributed by atoms with Gasteiger partial charge >= 0.3 is 0 Å². The number of benzene rings is 3. The molecule has 3 rings (SSSR count). The lowest BCUT2D eigenvalue weighted by molar-refractivity contribution is -0.114. The van der Waals surface area contributed by atoms with Gasteiger partial charge in [-0.05, 0) is 35.9 Å². The zero-order chi connectivity index (χ0) is 19.8. The number of carbonyl (C=O) groups excluding carboxylic acids is 1. The Bertz CT molecular complexity index is 913. The van der Waals surface area contributed by atoms with Crippen molar-refractivity contribution in [3.05, 3.63) is 88.4 Å². The summed E-state index contributed by atoms with van der Waals surface area (Å²) in [5.41, 5.74) is 2.59. The molecule has 0 saturated heterocycles. The Hall–Kier alpha value is -2.69. The highest BCUT2D eigenvalue weighted by molar-refractivity contribution is 6.35. The van der Waals surface area contributed by atoms with Gasteiger partial charge in [-0.1, -0.05) is 59.6 Å². The lowest BCUT2D eigenvalue weighted by Gasteiger charge is -2.11. The van der Waals surface area contributed by atoms with Crippen LogP contribution in [0.5, 0.6) is 5.75 Å². The van der Waals surface area contributed by atoms with Crippen molar-refractivity contribution < 1.29 is 9.53 Å². The van der Waals surface area contributed by atoms with E-state index in [-0.39, 0.29) is 12.5 Å². The number of rotatable bonds is 8. The van der Waals surface area contributed by atoms with E-state index in [1.807, 2.05) is 42.5 Å². The normalized spacial score (nSPS) is 10.4. The molecule has 0 aliphatic rings. The second kappa shape index (κ2) is 10.0. The third-order valence-electron chi connectivity index (χ3n) is 3.94. The van der Waals surface area contributed by atoms with Crippen LogP contribution in [-0.4, -0.2) is 19.1 Å². The quantitative estimate of drug-likeness (QED) is 0.499. The molecule has 2 N–H and O–H groups in total. The highest BCUT2D eigenvalue weighted by Crippen LogP contribution is 2.22. The SMILES string of the molecule is O=C(CNc1cccc(OCCc2ccccc2)c1)Nc1cc(Cl)cc(Cl)c1. The van der Waals surface area contributed by atoms with E-state index in [2.05, 4.69) is 22.8 Å². The fourth-order valence-electron chi connectivity index (χ4n) is 2.64. The summed E-state index contributed by atoms with van der Waals surface area (Å²) in [5, 5.41) is 6.78. The molecule has 0 saturated carbocycles. The van der Waals surface area contributed by atoms with E-state index in [0.717, 1.165) is 17.9 Å². The van der Waals surface area contributed by atoms with Crippen LogP contribution in [0.1, 0.15) is 5.56 Å². The van der Waals surface area contributed by atoms with Crippen molar-refractivity contribution in [3.8, 4) is 5.75 Å².